The summed E-state index contributed by atoms with van der Waals surface area (Å²) < 4.78 is 0. The van der Waals surface area contributed by atoms with E-state index in [1.165, 1.54) is 30.3 Å². The van der Waals surface area contributed by atoms with Crippen molar-refractivity contribution >= 4 is 34.4 Å². The van der Waals surface area contributed by atoms with E-state index < -0.39 is 9.85 Å². The highest BCUT2D eigenvalue weighted by Gasteiger charge is 2.17. The highest BCUT2D eigenvalue weighted by molar-refractivity contribution is 6.30. The maximum atomic E-state index is 11.0. The fraction of sp³-hybridized carbons (Fsp3) is 0.0769. The molecule has 0 fully saturated rings. The molecule has 0 radical (unpaired) electrons. The third-order valence-corrected chi connectivity index (χ3v) is 3.07. The van der Waals surface area contributed by atoms with Gasteiger partial charge < -0.3 is 0 Å². The molecule has 0 heterocycles. The third-order valence-electron chi connectivity index (χ3n) is 2.84. The zero-order chi connectivity index (χ0) is 16.3. The highest BCUT2D eigenvalue weighted by Crippen LogP contribution is 2.29. The van der Waals surface area contributed by atoms with Gasteiger partial charge in [0, 0.05) is 17.2 Å². The lowest BCUT2D eigenvalue weighted by molar-refractivity contribution is -0.384. The summed E-state index contributed by atoms with van der Waals surface area (Å²) in [6.45, 7) is 1.73. The molecule has 0 saturated carbocycles. The lowest BCUT2D eigenvalue weighted by Crippen LogP contribution is -2.11. The Morgan fingerprint density at radius 2 is 1.41 bits per heavy atom. The second-order valence-corrected chi connectivity index (χ2v) is 4.88. The van der Waals surface area contributed by atoms with E-state index in [-0.39, 0.29) is 27.8 Å². The maximum Gasteiger partial charge on any atom is 0.295 e. The molecule has 2 N–H and O–H groups in total. The summed E-state index contributed by atoms with van der Waals surface area (Å²) in [6.07, 6.45) is 0. The number of halogens is 1. The van der Waals surface area contributed by atoms with E-state index >= 15 is 0 Å². The summed E-state index contributed by atoms with van der Waals surface area (Å²) in [5.74, 6) is 0. The van der Waals surface area contributed by atoms with Crippen LogP contribution in [0, 0.1) is 27.2 Å². The van der Waals surface area contributed by atoms with Gasteiger partial charge in [-0.3, -0.25) is 31.1 Å². The molecule has 0 amide bonds. The van der Waals surface area contributed by atoms with Crippen LogP contribution in [-0.2, 0) is 0 Å². The SMILES string of the molecule is Cc1ccc(NNc2ccc(Cl)cc2[N+](=O)[O-])c([N+](=O)[O-])c1. The van der Waals surface area contributed by atoms with Gasteiger partial charge in [0.05, 0.1) is 9.85 Å². The van der Waals surface area contributed by atoms with Crippen molar-refractivity contribution < 1.29 is 9.85 Å². The lowest BCUT2D eigenvalue weighted by Gasteiger charge is -2.11. The van der Waals surface area contributed by atoms with E-state index in [1.807, 2.05) is 0 Å². The van der Waals surface area contributed by atoms with Crippen LogP contribution in [0.15, 0.2) is 36.4 Å². The van der Waals surface area contributed by atoms with Gasteiger partial charge in [-0.2, -0.15) is 0 Å². The molecule has 0 aliphatic heterocycles. The van der Waals surface area contributed by atoms with Crippen molar-refractivity contribution in [1.29, 1.82) is 0 Å². The second-order valence-electron chi connectivity index (χ2n) is 4.45. The molecule has 22 heavy (non-hydrogen) atoms. The number of hydrogen-bond donors (Lipinski definition) is 2. The van der Waals surface area contributed by atoms with Crippen molar-refractivity contribution in [3.05, 3.63) is 67.2 Å². The first-order valence-corrected chi connectivity index (χ1v) is 6.47. The Morgan fingerprint density at radius 1 is 0.909 bits per heavy atom. The van der Waals surface area contributed by atoms with Crippen molar-refractivity contribution in [1.82, 2.24) is 0 Å². The summed E-state index contributed by atoms with van der Waals surface area (Å²) in [6, 6.07) is 8.68. The number of nitro benzene ring substituents is 2. The van der Waals surface area contributed by atoms with Crippen LogP contribution in [0.3, 0.4) is 0 Å². The van der Waals surface area contributed by atoms with Crippen molar-refractivity contribution in [2.24, 2.45) is 0 Å². The zero-order valence-corrected chi connectivity index (χ0v) is 12.1. The smallest absolute Gasteiger partial charge is 0.294 e. The molecular formula is C13H11ClN4O4. The van der Waals surface area contributed by atoms with Crippen LogP contribution >= 0.6 is 11.6 Å². The van der Waals surface area contributed by atoms with Gasteiger partial charge in [-0.25, -0.2) is 0 Å². The number of rotatable bonds is 5. The normalized spacial score (nSPS) is 10.1. The van der Waals surface area contributed by atoms with Crippen LogP contribution in [0.2, 0.25) is 5.02 Å². The summed E-state index contributed by atoms with van der Waals surface area (Å²) in [5.41, 5.74) is 5.90. The van der Waals surface area contributed by atoms with Gasteiger partial charge in [-0.1, -0.05) is 17.7 Å². The molecule has 8 nitrogen and oxygen atoms in total. The Balaban J connectivity index is 2.28. The molecule has 2 aromatic carbocycles. The quantitative estimate of drug-likeness (QED) is 0.638. The van der Waals surface area contributed by atoms with Gasteiger partial charge in [0.25, 0.3) is 11.4 Å². The largest absolute Gasteiger partial charge is 0.295 e. The van der Waals surface area contributed by atoms with Crippen LogP contribution in [0.4, 0.5) is 22.7 Å². The number of aryl methyl sites for hydroxylation is 1. The molecule has 9 heteroatoms. The van der Waals surface area contributed by atoms with Gasteiger partial charge in [0.2, 0.25) is 0 Å². The predicted octanol–water partition coefficient (Wildman–Crippen LogP) is 3.90. The molecule has 2 aromatic rings. The first-order valence-electron chi connectivity index (χ1n) is 6.09. The first-order chi connectivity index (χ1) is 10.4. The number of hydrazine groups is 1. The minimum atomic E-state index is -0.598. The molecule has 0 spiro atoms. The number of nitro groups is 2. The summed E-state index contributed by atoms with van der Waals surface area (Å²) in [5, 5.41) is 22.2. The van der Waals surface area contributed by atoms with E-state index in [4.69, 9.17) is 11.6 Å². The predicted molar refractivity (Wildman–Crippen MR) is 83.2 cm³/mol. The van der Waals surface area contributed by atoms with Gasteiger partial charge >= 0.3 is 0 Å². The van der Waals surface area contributed by atoms with Crippen molar-refractivity contribution in [2.45, 2.75) is 6.92 Å². The number of nitrogens with zero attached hydrogens (tertiary/aromatic N) is 2. The average Bonchev–Trinajstić information content (AvgIpc) is 2.46. The summed E-state index contributed by atoms with van der Waals surface area (Å²) in [7, 11) is 0. The Hall–Kier alpha value is -2.87. The lowest BCUT2D eigenvalue weighted by atomic mass is 10.2. The van der Waals surface area contributed by atoms with Crippen molar-refractivity contribution in [3.8, 4) is 0 Å². The number of nitrogens with one attached hydrogen (secondary N) is 2. The molecular weight excluding hydrogens is 312 g/mol. The monoisotopic (exact) mass is 322 g/mol. The van der Waals surface area contributed by atoms with E-state index in [2.05, 4.69) is 10.9 Å². The zero-order valence-electron chi connectivity index (χ0n) is 11.4. The maximum absolute atomic E-state index is 11.0. The van der Waals surface area contributed by atoms with Gasteiger partial charge in [0.1, 0.15) is 11.4 Å². The highest BCUT2D eigenvalue weighted by atomic mass is 35.5. The molecule has 0 atom stereocenters. The Kier molecular flexibility index (Phi) is 4.42. The summed E-state index contributed by atoms with van der Waals surface area (Å²) in [4.78, 5) is 20.9. The summed E-state index contributed by atoms with van der Waals surface area (Å²) >= 11 is 5.72. The molecule has 0 aliphatic carbocycles. The fourth-order valence-electron chi connectivity index (χ4n) is 1.79. The van der Waals surface area contributed by atoms with Crippen LogP contribution in [0.5, 0.6) is 0 Å². The molecule has 114 valence electrons. The Labute approximate surface area is 130 Å². The van der Waals surface area contributed by atoms with Crippen LogP contribution in [-0.4, -0.2) is 9.85 Å². The molecule has 0 aromatic heterocycles. The number of benzene rings is 2. The van der Waals surface area contributed by atoms with E-state index in [9.17, 15) is 20.2 Å². The molecule has 0 unspecified atom stereocenters. The van der Waals surface area contributed by atoms with Gasteiger partial charge in [-0.15, -0.1) is 0 Å². The standard InChI is InChI=1S/C13H11ClN4O4/c1-8-2-4-10(12(6-8)17(19)20)15-16-11-5-3-9(14)7-13(11)18(21)22/h2-7,15-16H,1H3. The van der Waals surface area contributed by atoms with Gasteiger partial charge in [0.15, 0.2) is 0 Å². The third kappa shape index (κ3) is 3.41. The second kappa shape index (κ2) is 6.27. The molecule has 0 saturated heterocycles. The number of hydrogen-bond acceptors (Lipinski definition) is 6. The fourth-order valence-corrected chi connectivity index (χ4v) is 1.96. The molecule has 0 bridgehead atoms. The van der Waals surface area contributed by atoms with Gasteiger partial charge in [-0.05, 0) is 30.7 Å². The number of anilines is 2. The minimum Gasteiger partial charge on any atom is -0.294 e. The Morgan fingerprint density at radius 3 is 1.95 bits per heavy atom. The van der Waals surface area contributed by atoms with E-state index in [0.29, 0.717) is 0 Å². The van der Waals surface area contributed by atoms with Crippen molar-refractivity contribution in [2.75, 3.05) is 10.9 Å². The molecule has 0 aliphatic rings. The van der Waals surface area contributed by atoms with E-state index in [1.54, 1.807) is 13.0 Å². The van der Waals surface area contributed by atoms with Crippen LogP contribution < -0.4 is 10.9 Å². The first kappa shape index (κ1) is 15.5. The topological polar surface area (TPSA) is 110 Å². The van der Waals surface area contributed by atoms with E-state index in [0.717, 1.165) is 5.56 Å². The van der Waals surface area contributed by atoms with Crippen LogP contribution in [0.25, 0.3) is 0 Å². The van der Waals surface area contributed by atoms with Crippen molar-refractivity contribution in [3.63, 3.8) is 0 Å². The average molecular weight is 323 g/mol. The minimum absolute atomic E-state index is 0.135. The Bertz CT molecular complexity index is 687. The van der Waals surface area contributed by atoms with Crippen LogP contribution in [0.1, 0.15) is 5.56 Å². The molecule has 2 rings (SSSR count).